The van der Waals surface area contributed by atoms with Gasteiger partial charge in [-0.1, -0.05) is 19.3 Å². The Morgan fingerprint density at radius 3 is 2.46 bits per heavy atom. The number of nitrogens with one attached hydrogen (secondary N) is 2. The fourth-order valence-corrected chi connectivity index (χ4v) is 5.10. The van der Waals surface area contributed by atoms with Crippen LogP contribution < -0.4 is 10.6 Å². The summed E-state index contributed by atoms with van der Waals surface area (Å²) in [5.74, 6) is 0.166. The first-order valence-electron chi connectivity index (χ1n) is 10.5. The largest absolute Gasteiger partial charge is 0.351 e. The molecule has 2 aliphatic heterocycles. The van der Waals surface area contributed by atoms with E-state index in [9.17, 15) is 4.79 Å². The van der Waals surface area contributed by atoms with Gasteiger partial charge in [-0.3, -0.25) is 9.48 Å². The first-order valence-corrected chi connectivity index (χ1v) is 10.5. The van der Waals surface area contributed by atoms with Gasteiger partial charge in [0.15, 0.2) is 0 Å². The van der Waals surface area contributed by atoms with Crippen molar-refractivity contribution in [2.24, 2.45) is 0 Å². The highest BCUT2D eigenvalue weighted by molar-refractivity contribution is 5.84. The zero-order chi connectivity index (χ0) is 17.8. The Labute approximate surface area is 156 Å². The number of rotatable bonds is 4. The fourth-order valence-electron chi connectivity index (χ4n) is 5.10. The Morgan fingerprint density at radius 2 is 1.81 bits per heavy atom. The molecular weight excluding hydrogens is 326 g/mol. The second-order valence-corrected chi connectivity index (χ2v) is 8.31. The van der Waals surface area contributed by atoms with E-state index in [1.165, 1.54) is 32.1 Å². The maximum Gasteiger partial charge on any atom is 0.248 e. The number of likely N-dealkylation sites (tertiary alicyclic amines) is 1. The van der Waals surface area contributed by atoms with Crippen LogP contribution in [0.4, 0.5) is 0 Å². The number of hydrogen-bond acceptors (Lipinski definition) is 4. The molecule has 1 saturated carbocycles. The van der Waals surface area contributed by atoms with Gasteiger partial charge in [-0.15, -0.1) is 0 Å². The van der Waals surface area contributed by atoms with E-state index in [2.05, 4.69) is 20.6 Å². The molecule has 2 saturated heterocycles. The zero-order valence-corrected chi connectivity index (χ0v) is 15.8. The highest BCUT2D eigenvalue weighted by Gasteiger charge is 2.43. The van der Waals surface area contributed by atoms with Crippen LogP contribution in [0.1, 0.15) is 57.8 Å². The van der Waals surface area contributed by atoms with E-state index < -0.39 is 5.54 Å². The maximum absolute atomic E-state index is 13.3. The molecule has 144 valence electrons. The van der Waals surface area contributed by atoms with Crippen LogP contribution in [0.5, 0.6) is 0 Å². The van der Waals surface area contributed by atoms with Crippen LogP contribution in [0.25, 0.3) is 0 Å². The van der Waals surface area contributed by atoms with Crippen molar-refractivity contribution in [3.8, 4) is 0 Å². The van der Waals surface area contributed by atoms with Crippen molar-refractivity contribution < 1.29 is 4.79 Å². The summed E-state index contributed by atoms with van der Waals surface area (Å²) in [6, 6.07) is 3.02. The number of aromatic nitrogens is 2. The van der Waals surface area contributed by atoms with Crippen molar-refractivity contribution in [2.45, 2.75) is 75.4 Å². The first kappa shape index (κ1) is 18.0. The third kappa shape index (κ3) is 3.67. The molecule has 3 aliphatic rings. The van der Waals surface area contributed by atoms with Crippen LogP contribution in [0, 0.1) is 0 Å². The lowest BCUT2D eigenvalue weighted by Crippen LogP contribution is -2.58. The Morgan fingerprint density at radius 1 is 1.08 bits per heavy atom. The molecule has 3 heterocycles. The number of amides is 1. The van der Waals surface area contributed by atoms with Crippen LogP contribution in [0.15, 0.2) is 18.5 Å². The molecule has 6 nitrogen and oxygen atoms in total. The van der Waals surface area contributed by atoms with Crippen molar-refractivity contribution in [3.63, 3.8) is 0 Å². The minimum absolute atomic E-state index is 0.166. The molecule has 1 aromatic rings. The molecule has 0 aromatic carbocycles. The number of nitrogens with zero attached hydrogens (tertiary/aromatic N) is 3. The van der Waals surface area contributed by atoms with Crippen LogP contribution in [-0.4, -0.2) is 58.9 Å². The topological polar surface area (TPSA) is 62.2 Å². The second-order valence-electron chi connectivity index (χ2n) is 8.31. The van der Waals surface area contributed by atoms with Gasteiger partial charge in [0.05, 0.1) is 0 Å². The van der Waals surface area contributed by atoms with Crippen LogP contribution in [0.2, 0.25) is 0 Å². The van der Waals surface area contributed by atoms with Gasteiger partial charge in [0, 0.05) is 37.6 Å². The number of piperidine rings is 2. The van der Waals surface area contributed by atoms with E-state index in [4.69, 9.17) is 0 Å². The fraction of sp³-hybridized carbons (Fsp3) is 0.800. The van der Waals surface area contributed by atoms with E-state index >= 15 is 0 Å². The first-order chi connectivity index (χ1) is 12.8. The third-order valence-corrected chi connectivity index (χ3v) is 6.75. The van der Waals surface area contributed by atoms with Crippen LogP contribution in [0.3, 0.4) is 0 Å². The van der Waals surface area contributed by atoms with Crippen molar-refractivity contribution in [1.29, 1.82) is 0 Å². The Kier molecular flexibility index (Phi) is 5.60. The van der Waals surface area contributed by atoms with Crippen molar-refractivity contribution in [2.75, 3.05) is 26.2 Å². The molecule has 0 atom stereocenters. The molecule has 1 amide bonds. The van der Waals surface area contributed by atoms with Gasteiger partial charge < -0.3 is 15.5 Å². The van der Waals surface area contributed by atoms with Gasteiger partial charge in [0.1, 0.15) is 5.54 Å². The smallest absolute Gasteiger partial charge is 0.248 e. The predicted molar refractivity (Wildman–Crippen MR) is 102 cm³/mol. The molecule has 4 rings (SSSR count). The Bertz CT molecular complexity index is 567. The number of carbonyl (C=O) groups is 1. The second kappa shape index (κ2) is 8.09. The van der Waals surface area contributed by atoms with Gasteiger partial charge in [0.2, 0.25) is 5.91 Å². The standard InChI is InChI=1S/C20H33N5O/c26-19(20(9-12-21-13-10-20)25-14-4-11-22-25)23-17-7-15-24(16-8-17)18-5-2-1-3-6-18/h4,11,14,17-18,21H,1-3,5-10,12-13,15-16H2,(H,23,26). The molecule has 6 heteroatoms. The number of carbonyl (C=O) groups excluding carboxylic acids is 1. The molecule has 26 heavy (non-hydrogen) atoms. The summed E-state index contributed by atoms with van der Waals surface area (Å²) in [5, 5.41) is 11.2. The maximum atomic E-state index is 13.3. The lowest BCUT2D eigenvalue weighted by atomic mass is 9.86. The number of hydrogen-bond donors (Lipinski definition) is 2. The Balaban J connectivity index is 1.35. The highest BCUT2D eigenvalue weighted by Crippen LogP contribution is 2.29. The van der Waals surface area contributed by atoms with Crippen molar-refractivity contribution in [3.05, 3.63) is 18.5 Å². The molecule has 0 bridgehead atoms. The monoisotopic (exact) mass is 359 g/mol. The molecule has 0 unspecified atom stereocenters. The minimum atomic E-state index is -0.519. The van der Waals surface area contributed by atoms with Crippen molar-refractivity contribution in [1.82, 2.24) is 25.3 Å². The molecule has 1 aromatic heterocycles. The summed E-state index contributed by atoms with van der Waals surface area (Å²) in [6.45, 7) is 4.00. The quantitative estimate of drug-likeness (QED) is 0.862. The summed E-state index contributed by atoms with van der Waals surface area (Å²) in [7, 11) is 0. The summed E-state index contributed by atoms with van der Waals surface area (Å²) in [4.78, 5) is 15.9. The average molecular weight is 360 g/mol. The summed E-state index contributed by atoms with van der Waals surface area (Å²) < 4.78 is 1.89. The lowest BCUT2D eigenvalue weighted by molar-refractivity contribution is -0.133. The van der Waals surface area contributed by atoms with Gasteiger partial charge >= 0.3 is 0 Å². The van der Waals surface area contributed by atoms with E-state index in [1.807, 2.05) is 16.9 Å². The highest BCUT2D eigenvalue weighted by atomic mass is 16.2. The van der Waals surface area contributed by atoms with Gasteiger partial charge in [0.25, 0.3) is 0 Å². The van der Waals surface area contributed by atoms with E-state index in [-0.39, 0.29) is 5.91 Å². The summed E-state index contributed by atoms with van der Waals surface area (Å²) in [5.41, 5.74) is -0.519. The van der Waals surface area contributed by atoms with Crippen molar-refractivity contribution >= 4 is 5.91 Å². The Hall–Kier alpha value is -1.40. The zero-order valence-electron chi connectivity index (χ0n) is 15.8. The average Bonchev–Trinajstić information content (AvgIpc) is 3.25. The van der Waals surface area contributed by atoms with Crippen LogP contribution in [-0.2, 0) is 10.3 Å². The van der Waals surface area contributed by atoms with Crippen LogP contribution >= 0.6 is 0 Å². The lowest BCUT2D eigenvalue weighted by Gasteiger charge is -2.41. The van der Waals surface area contributed by atoms with E-state index in [0.717, 1.165) is 57.9 Å². The molecular formula is C20H33N5O. The van der Waals surface area contributed by atoms with Gasteiger partial charge in [-0.05, 0) is 57.7 Å². The SMILES string of the molecule is O=C(NC1CCN(C2CCCCC2)CC1)C1(n2cccn2)CCNCC1. The molecule has 1 aliphatic carbocycles. The van der Waals surface area contributed by atoms with E-state index in [0.29, 0.717) is 6.04 Å². The summed E-state index contributed by atoms with van der Waals surface area (Å²) >= 11 is 0. The predicted octanol–water partition coefficient (Wildman–Crippen LogP) is 1.88. The molecule has 0 radical (unpaired) electrons. The molecule has 2 N–H and O–H groups in total. The van der Waals surface area contributed by atoms with Gasteiger partial charge in [-0.2, -0.15) is 5.10 Å². The molecule has 3 fully saturated rings. The minimum Gasteiger partial charge on any atom is -0.351 e. The molecule has 0 spiro atoms. The normalized spacial score (nSPS) is 25.8. The van der Waals surface area contributed by atoms with E-state index in [1.54, 1.807) is 6.20 Å². The third-order valence-electron chi connectivity index (χ3n) is 6.75. The summed E-state index contributed by atoms with van der Waals surface area (Å²) in [6.07, 6.45) is 14.4. The van der Waals surface area contributed by atoms with Gasteiger partial charge in [-0.25, -0.2) is 0 Å².